The summed E-state index contributed by atoms with van der Waals surface area (Å²) in [5.41, 5.74) is -0.961. The molecule has 0 radical (unpaired) electrons. The Labute approximate surface area is 237 Å². The molecule has 0 bridgehead atoms. The summed E-state index contributed by atoms with van der Waals surface area (Å²) in [5.74, 6) is -0.269. The van der Waals surface area contributed by atoms with Crippen LogP contribution in [0.15, 0.2) is 39.0 Å². The molecule has 1 amide bonds. The van der Waals surface area contributed by atoms with Crippen molar-refractivity contribution in [2.45, 2.75) is 19.1 Å². The molecule has 3 N–H and O–H groups in total. The highest BCUT2D eigenvalue weighted by Gasteiger charge is 2.25. The SMILES string of the molecule is COCC(O)CN(CC(O)COC)c1cc(NC(C)=O)c(N=Nc2c(Br)cc([N+](=O)[O-])cc2[N+](=O)[O-])cc1OC. The molecule has 0 aliphatic carbocycles. The maximum atomic E-state index is 12.0. The third kappa shape index (κ3) is 8.88. The molecule has 0 aliphatic heterocycles. The van der Waals surface area contributed by atoms with E-state index >= 15 is 0 Å². The topological polar surface area (TPSA) is 211 Å². The Bertz CT molecular complexity index is 1250. The zero-order valence-electron chi connectivity index (χ0n) is 22.1. The Hall–Kier alpha value is -3.77. The van der Waals surface area contributed by atoms with Crippen LogP contribution in [0.4, 0.5) is 34.1 Å². The molecule has 0 saturated heterocycles. The van der Waals surface area contributed by atoms with Crippen molar-refractivity contribution in [3.63, 3.8) is 0 Å². The lowest BCUT2D eigenvalue weighted by Gasteiger charge is -2.31. The van der Waals surface area contributed by atoms with Crippen LogP contribution in [-0.4, -0.2) is 85.8 Å². The maximum absolute atomic E-state index is 12.0. The van der Waals surface area contributed by atoms with Crippen molar-refractivity contribution in [2.75, 3.05) is 57.8 Å². The van der Waals surface area contributed by atoms with Gasteiger partial charge in [0.1, 0.15) is 11.4 Å². The van der Waals surface area contributed by atoms with Gasteiger partial charge in [0.25, 0.3) is 5.69 Å². The molecule has 16 nitrogen and oxygen atoms in total. The van der Waals surface area contributed by atoms with Gasteiger partial charge < -0.3 is 34.6 Å². The first kappa shape index (κ1) is 32.4. The highest BCUT2D eigenvalue weighted by molar-refractivity contribution is 9.10. The highest BCUT2D eigenvalue weighted by Crippen LogP contribution is 2.43. The van der Waals surface area contributed by atoms with Crippen LogP contribution >= 0.6 is 15.9 Å². The average molecular weight is 629 g/mol. The Morgan fingerprint density at radius 3 is 2.10 bits per heavy atom. The molecule has 17 heteroatoms. The molecule has 2 rings (SSSR count). The van der Waals surface area contributed by atoms with E-state index in [4.69, 9.17) is 14.2 Å². The molecule has 2 unspecified atom stereocenters. The van der Waals surface area contributed by atoms with Gasteiger partial charge in [-0.2, -0.15) is 0 Å². The van der Waals surface area contributed by atoms with Gasteiger partial charge in [0, 0.05) is 46.4 Å². The molecule has 218 valence electrons. The first-order valence-electron chi connectivity index (χ1n) is 11.5. The summed E-state index contributed by atoms with van der Waals surface area (Å²) >= 11 is 3.07. The second-order valence-electron chi connectivity index (χ2n) is 8.36. The number of carbonyl (C=O) groups is 1. The first-order chi connectivity index (χ1) is 18.9. The van der Waals surface area contributed by atoms with Crippen molar-refractivity contribution in [2.24, 2.45) is 10.2 Å². The summed E-state index contributed by atoms with van der Waals surface area (Å²) in [7, 11) is 4.22. The highest BCUT2D eigenvalue weighted by atomic mass is 79.9. The maximum Gasteiger partial charge on any atom is 0.304 e. The molecule has 0 fully saturated rings. The van der Waals surface area contributed by atoms with E-state index in [1.54, 1.807) is 4.90 Å². The number of nitro groups is 2. The van der Waals surface area contributed by atoms with Crippen molar-refractivity contribution >= 4 is 56.0 Å². The number of halogens is 1. The zero-order chi connectivity index (χ0) is 30.0. The molecular weight excluding hydrogens is 600 g/mol. The molecule has 0 aliphatic rings. The standard InChI is InChI=1S/C23H29BrN6O10/c1-13(31)25-18-7-20(28(9-15(32)11-38-2)10-16(33)12-39-3)22(40-4)8-19(18)26-27-23-17(24)5-14(29(34)35)6-21(23)30(36)37/h5-8,15-16,32-33H,9-12H2,1-4H3,(H,25,31). The van der Waals surface area contributed by atoms with Gasteiger partial charge in [0.05, 0.1) is 64.3 Å². The number of nitro benzene ring substituents is 2. The van der Waals surface area contributed by atoms with Crippen molar-refractivity contribution in [3.8, 4) is 5.75 Å². The summed E-state index contributed by atoms with van der Waals surface area (Å²) < 4.78 is 15.5. The molecule has 0 saturated carbocycles. The van der Waals surface area contributed by atoms with Crippen LogP contribution in [0.3, 0.4) is 0 Å². The van der Waals surface area contributed by atoms with Crippen LogP contribution in [-0.2, 0) is 14.3 Å². The number of anilines is 2. The van der Waals surface area contributed by atoms with Gasteiger partial charge in [-0.1, -0.05) is 0 Å². The Morgan fingerprint density at radius 1 is 1.02 bits per heavy atom. The van der Waals surface area contributed by atoms with Crippen LogP contribution in [0.1, 0.15) is 6.92 Å². The van der Waals surface area contributed by atoms with Crippen molar-refractivity contribution < 1.29 is 39.1 Å². The minimum absolute atomic E-state index is 0.00688. The lowest BCUT2D eigenvalue weighted by molar-refractivity contribution is -0.393. The van der Waals surface area contributed by atoms with Crippen molar-refractivity contribution in [3.05, 3.63) is 49.0 Å². The number of non-ortho nitro benzene ring substituents is 1. The van der Waals surface area contributed by atoms with E-state index in [1.165, 1.54) is 40.4 Å². The second kappa shape index (κ2) is 15.1. The molecule has 0 spiro atoms. The van der Waals surface area contributed by atoms with E-state index in [-0.39, 0.29) is 53.6 Å². The summed E-state index contributed by atoms with van der Waals surface area (Å²) in [5, 5.41) is 54.1. The van der Waals surface area contributed by atoms with Gasteiger partial charge >= 0.3 is 5.69 Å². The molecule has 40 heavy (non-hydrogen) atoms. The number of ether oxygens (including phenoxy) is 3. The number of carbonyl (C=O) groups excluding carboxylic acids is 1. The summed E-state index contributed by atoms with van der Waals surface area (Å²) in [6.45, 7) is 1.28. The summed E-state index contributed by atoms with van der Waals surface area (Å²) in [6.07, 6.45) is -1.90. The number of hydrogen-bond donors (Lipinski definition) is 3. The van der Waals surface area contributed by atoms with E-state index < -0.39 is 39.3 Å². The third-order valence-electron chi connectivity index (χ3n) is 5.22. The minimum atomic E-state index is -0.951. The fourth-order valence-corrected chi connectivity index (χ4v) is 4.15. The number of aliphatic hydroxyl groups excluding tert-OH is 2. The lowest BCUT2D eigenvalue weighted by Crippen LogP contribution is -2.41. The van der Waals surface area contributed by atoms with E-state index in [2.05, 4.69) is 31.5 Å². The number of nitrogens with zero attached hydrogens (tertiary/aromatic N) is 5. The molecular formula is C23H29BrN6O10. The molecule has 2 atom stereocenters. The van der Waals surface area contributed by atoms with E-state index in [9.17, 15) is 35.2 Å². The number of aliphatic hydroxyl groups is 2. The predicted molar refractivity (Wildman–Crippen MR) is 147 cm³/mol. The van der Waals surface area contributed by atoms with Crippen LogP contribution in [0.2, 0.25) is 0 Å². The van der Waals surface area contributed by atoms with Gasteiger partial charge in [0.2, 0.25) is 5.91 Å². The van der Waals surface area contributed by atoms with Gasteiger partial charge in [-0.05, 0) is 22.0 Å². The number of rotatable bonds is 15. The normalized spacial score (nSPS) is 12.7. The minimum Gasteiger partial charge on any atom is -0.494 e. The second-order valence-corrected chi connectivity index (χ2v) is 9.21. The van der Waals surface area contributed by atoms with Crippen molar-refractivity contribution in [1.82, 2.24) is 0 Å². The van der Waals surface area contributed by atoms with Gasteiger partial charge in [-0.3, -0.25) is 25.0 Å². The summed E-state index contributed by atoms with van der Waals surface area (Å²) in [4.78, 5) is 34.7. The molecule has 0 aromatic heterocycles. The van der Waals surface area contributed by atoms with E-state index in [0.717, 1.165) is 12.1 Å². The monoisotopic (exact) mass is 628 g/mol. The predicted octanol–water partition coefficient (Wildman–Crippen LogP) is 3.47. The number of methoxy groups -OCH3 is 3. The number of benzene rings is 2. The van der Waals surface area contributed by atoms with Gasteiger partial charge in [-0.25, -0.2) is 0 Å². The largest absolute Gasteiger partial charge is 0.494 e. The Balaban J connectivity index is 2.67. The summed E-state index contributed by atoms with van der Waals surface area (Å²) in [6, 6.07) is 4.68. The third-order valence-corrected chi connectivity index (χ3v) is 5.83. The number of nitrogens with one attached hydrogen (secondary N) is 1. The Kier molecular flexibility index (Phi) is 12.3. The van der Waals surface area contributed by atoms with E-state index in [0.29, 0.717) is 5.69 Å². The molecule has 0 heterocycles. The van der Waals surface area contributed by atoms with Gasteiger partial charge in [0.15, 0.2) is 5.69 Å². The first-order valence-corrected chi connectivity index (χ1v) is 12.3. The molecule has 2 aromatic rings. The van der Waals surface area contributed by atoms with E-state index in [1.807, 2.05) is 0 Å². The van der Waals surface area contributed by atoms with Gasteiger partial charge in [-0.15, -0.1) is 10.2 Å². The fraction of sp³-hybridized carbons (Fsp3) is 0.435. The van der Waals surface area contributed by atoms with Crippen LogP contribution < -0.4 is 15.0 Å². The Morgan fingerprint density at radius 2 is 1.62 bits per heavy atom. The van der Waals surface area contributed by atoms with Crippen LogP contribution in [0, 0.1) is 20.2 Å². The fourth-order valence-electron chi connectivity index (χ4n) is 3.63. The quantitative estimate of drug-likeness (QED) is 0.147. The van der Waals surface area contributed by atoms with Crippen molar-refractivity contribution in [1.29, 1.82) is 0 Å². The lowest BCUT2D eigenvalue weighted by atomic mass is 10.1. The van der Waals surface area contributed by atoms with Crippen LogP contribution in [0.25, 0.3) is 0 Å². The average Bonchev–Trinajstić information content (AvgIpc) is 2.87. The number of amides is 1. The number of azo groups is 1. The smallest absolute Gasteiger partial charge is 0.304 e. The molecule has 2 aromatic carbocycles. The number of hydrogen-bond acceptors (Lipinski definition) is 13. The zero-order valence-corrected chi connectivity index (χ0v) is 23.7. The van der Waals surface area contributed by atoms with Crippen LogP contribution in [0.5, 0.6) is 5.75 Å².